The summed E-state index contributed by atoms with van der Waals surface area (Å²) in [5.41, 5.74) is 0. The number of hydrogen-bond acceptors (Lipinski definition) is 4. The summed E-state index contributed by atoms with van der Waals surface area (Å²) in [5, 5.41) is 3.20. The molecule has 0 saturated carbocycles. The minimum Gasteiger partial charge on any atom is -0.465 e. The van der Waals surface area contributed by atoms with Crippen LogP contribution in [0, 0.1) is 0 Å². The largest absolute Gasteiger partial charge is 0.465 e. The molecule has 0 saturated heterocycles. The first-order valence-corrected chi connectivity index (χ1v) is 6.55. The molecule has 0 bridgehead atoms. The van der Waals surface area contributed by atoms with Gasteiger partial charge in [-0.05, 0) is 26.7 Å². The molecule has 0 heterocycles. The van der Waals surface area contributed by atoms with Gasteiger partial charge in [0, 0.05) is 12.6 Å². The van der Waals surface area contributed by atoms with Crippen LogP contribution in [-0.4, -0.2) is 37.4 Å². The molecule has 0 aromatic heterocycles. The monoisotopic (exact) mass is 245 g/mol. The van der Waals surface area contributed by atoms with Crippen molar-refractivity contribution in [3.05, 3.63) is 0 Å². The van der Waals surface area contributed by atoms with Crippen LogP contribution in [0.4, 0.5) is 0 Å². The molecule has 4 heteroatoms. The number of carbonyl (C=O) groups is 1. The van der Waals surface area contributed by atoms with Crippen molar-refractivity contribution >= 4 is 5.97 Å². The van der Waals surface area contributed by atoms with Gasteiger partial charge >= 0.3 is 5.97 Å². The van der Waals surface area contributed by atoms with Crippen molar-refractivity contribution in [2.24, 2.45) is 0 Å². The summed E-state index contributed by atoms with van der Waals surface area (Å²) >= 11 is 0. The fourth-order valence-electron chi connectivity index (χ4n) is 1.42. The predicted octanol–water partition coefficient (Wildman–Crippen LogP) is 2.12. The summed E-state index contributed by atoms with van der Waals surface area (Å²) in [5.74, 6) is -0.186. The Morgan fingerprint density at radius 1 is 1.24 bits per heavy atom. The highest BCUT2D eigenvalue weighted by molar-refractivity contribution is 5.75. The number of ether oxygens (including phenoxy) is 2. The normalized spacial score (nSPS) is 14.7. The van der Waals surface area contributed by atoms with E-state index in [0.717, 1.165) is 6.42 Å². The third kappa shape index (κ3) is 8.16. The van der Waals surface area contributed by atoms with Crippen molar-refractivity contribution in [1.29, 1.82) is 0 Å². The summed E-state index contributed by atoms with van der Waals surface area (Å²) in [6.45, 7) is 11.0. The van der Waals surface area contributed by atoms with Gasteiger partial charge in [-0.1, -0.05) is 20.8 Å². The molecule has 2 unspecified atom stereocenters. The summed E-state index contributed by atoms with van der Waals surface area (Å²) in [6, 6.07) is -0.00740. The van der Waals surface area contributed by atoms with E-state index in [-0.39, 0.29) is 24.2 Å². The Hall–Kier alpha value is -0.610. The Morgan fingerprint density at radius 2 is 1.88 bits per heavy atom. The minimum atomic E-state index is -0.265. The number of hydrogen-bond donors (Lipinski definition) is 1. The Balaban J connectivity index is 4.05. The number of esters is 1. The lowest BCUT2D eigenvalue weighted by Gasteiger charge is -2.20. The van der Waals surface area contributed by atoms with Gasteiger partial charge in [0.1, 0.15) is 6.04 Å². The molecular weight excluding hydrogens is 218 g/mol. The van der Waals surface area contributed by atoms with Crippen LogP contribution >= 0.6 is 0 Å². The lowest BCUT2D eigenvalue weighted by molar-refractivity contribution is -0.146. The Morgan fingerprint density at radius 3 is 2.35 bits per heavy atom. The molecule has 0 spiro atoms. The molecule has 0 aliphatic heterocycles. The second-order valence-electron chi connectivity index (χ2n) is 4.50. The highest BCUT2D eigenvalue weighted by atomic mass is 16.5. The zero-order valence-corrected chi connectivity index (χ0v) is 11.8. The molecule has 0 amide bonds. The van der Waals surface area contributed by atoms with Crippen LogP contribution in [-0.2, 0) is 14.3 Å². The molecule has 0 fully saturated rings. The SMILES string of the molecule is CCOC(=O)C(CCOC(C)CC)NC(C)C. The Bertz CT molecular complexity index is 207. The lowest BCUT2D eigenvalue weighted by Crippen LogP contribution is -2.42. The van der Waals surface area contributed by atoms with Crippen molar-refractivity contribution < 1.29 is 14.3 Å². The predicted molar refractivity (Wildman–Crippen MR) is 69.0 cm³/mol. The van der Waals surface area contributed by atoms with Gasteiger partial charge < -0.3 is 14.8 Å². The molecular formula is C13H27NO3. The van der Waals surface area contributed by atoms with E-state index in [1.165, 1.54) is 0 Å². The number of nitrogens with one attached hydrogen (secondary N) is 1. The van der Waals surface area contributed by atoms with E-state index in [1.807, 2.05) is 27.7 Å². The van der Waals surface area contributed by atoms with Crippen molar-refractivity contribution in [1.82, 2.24) is 5.32 Å². The van der Waals surface area contributed by atoms with E-state index in [1.54, 1.807) is 0 Å². The first kappa shape index (κ1) is 16.4. The van der Waals surface area contributed by atoms with Gasteiger partial charge in [0.2, 0.25) is 0 Å². The summed E-state index contributed by atoms with van der Waals surface area (Å²) in [7, 11) is 0. The molecule has 102 valence electrons. The third-order valence-corrected chi connectivity index (χ3v) is 2.49. The van der Waals surface area contributed by atoms with E-state index in [9.17, 15) is 4.79 Å². The van der Waals surface area contributed by atoms with Gasteiger partial charge in [0.05, 0.1) is 12.7 Å². The lowest BCUT2D eigenvalue weighted by atomic mass is 10.2. The van der Waals surface area contributed by atoms with E-state index in [4.69, 9.17) is 9.47 Å². The van der Waals surface area contributed by atoms with Gasteiger partial charge in [-0.2, -0.15) is 0 Å². The van der Waals surface area contributed by atoms with Crippen LogP contribution < -0.4 is 5.32 Å². The second kappa shape index (κ2) is 9.42. The fraction of sp³-hybridized carbons (Fsp3) is 0.923. The van der Waals surface area contributed by atoms with E-state index in [2.05, 4.69) is 12.2 Å². The van der Waals surface area contributed by atoms with Crippen LogP contribution in [0.1, 0.15) is 47.5 Å². The first-order valence-electron chi connectivity index (χ1n) is 6.55. The van der Waals surface area contributed by atoms with Gasteiger partial charge in [0.15, 0.2) is 0 Å². The van der Waals surface area contributed by atoms with Crippen molar-refractivity contribution in [2.45, 2.75) is 65.6 Å². The smallest absolute Gasteiger partial charge is 0.323 e. The average molecular weight is 245 g/mol. The van der Waals surface area contributed by atoms with Gasteiger partial charge in [0.25, 0.3) is 0 Å². The van der Waals surface area contributed by atoms with Gasteiger partial charge in [-0.15, -0.1) is 0 Å². The van der Waals surface area contributed by atoms with Crippen LogP contribution in [0.5, 0.6) is 0 Å². The Kier molecular flexibility index (Phi) is 9.09. The van der Waals surface area contributed by atoms with E-state index in [0.29, 0.717) is 19.6 Å². The van der Waals surface area contributed by atoms with Gasteiger partial charge in [-0.3, -0.25) is 4.79 Å². The van der Waals surface area contributed by atoms with Crippen molar-refractivity contribution in [3.8, 4) is 0 Å². The summed E-state index contributed by atoms with van der Waals surface area (Å²) in [6.07, 6.45) is 1.89. The molecule has 17 heavy (non-hydrogen) atoms. The highest BCUT2D eigenvalue weighted by Gasteiger charge is 2.20. The summed E-state index contributed by atoms with van der Waals surface area (Å²) < 4.78 is 10.6. The molecule has 1 N–H and O–H groups in total. The third-order valence-electron chi connectivity index (χ3n) is 2.49. The van der Waals surface area contributed by atoms with Crippen LogP contribution in [0.2, 0.25) is 0 Å². The van der Waals surface area contributed by atoms with Crippen LogP contribution in [0.15, 0.2) is 0 Å². The van der Waals surface area contributed by atoms with Crippen LogP contribution in [0.3, 0.4) is 0 Å². The van der Waals surface area contributed by atoms with Crippen molar-refractivity contribution in [2.75, 3.05) is 13.2 Å². The number of carbonyl (C=O) groups excluding carboxylic acids is 1. The fourth-order valence-corrected chi connectivity index (χ4v) is 1.42. The zero-order chi connectivity index (χ0) is 13.3. The molecule has 0 aliphatic carbocycles. The maximum Gasteiger partial charge on any atom is 0.323 e. The highest BCUT2D eigenvalue weighted by Crippen LogP contribution is 2.02. The second-order valence-corrected chi connectivity index (χ2v) is 4.50. The van der Waals surface area contributed by atoms with Crippen LogP contribution in [0.25, 0.3) is 0 Å². The molecule has 4 nitrogen and oxygen atoms in total. The maximum atomic E-state index is 11.7. The standard InChI is InChI=1S/C13H27NO3/c1-6-11(5)17-9-8-12(14-10(3)4)13(15)16-7-2/h10-12,14H,6-9H2,1-5H3. The molecule has 2 atom stereocenters. The summed E-state index contributed by atoms with van der Waals surface area (Å²) in [4.78, 5) is 11.7. The zero-order valence-electron chi connectivity index (χ0n) is 11.8. The number of rotatable bonds is 9. The Labute approximate surface area is 105 Å². The van der Waals surface area contributed by atoms with E-state index >= 15 is 0 Å². The average Bonchev–Trinajstić information content (AvgIpc) is 2.27. The first-order chi connectivity index (χ1) is 8.01. The molecule has 0 aromatic rings. The maximum absolute atomic E-state index is 11.7. The molecule has 0 aromatic carbocycles. The minimum absolute atomic E-state index is 0.186. The molecule has 0 aliphatic rings. The molecule has 0 rings (SSSR count). The quantitative estimate of drug-likeness (QED) is 0.632. The molecule has 0 radical (unpaired) electrons. The van der Waals surface area contributed by atoms with Gasteiger partial charge in [-0.25, -0.2) is 0 Å². The van der Waals surface area contributed by atoms with E-state index < -0.39 is 0 Å². The topological polar surface area (TPSA) is 47.6 Å². The van der Waals surface area contributed by atoms with Crippen molar-refractivity contribution in [3.63, 3.8) is 0 Å².